The van der Waals surface area contributed by atoms with Crippen LogP contribution in [0.2, 0.25) is 0 Å². The second kappa shape index (κ2) is 6.49. The van der Waals surface area contributed by atoms with E-state index in [4.69, 9.17) is 9.47 Å². The van der Waals surface area contributed by atoms with Crippen LogP contribution in [0, 0.1) is 5.92 Å². The number of carbonyl (C=O) groups is 1. The molecule has 4 heteroatoms. The minimum atomic E-state index is -0.782. The molecule has 0 radical (unpaired) electrons. The van der Waals surface area contributed by atoms with E-state index >= 15 is 0 Å². The molecule has 132 valence electrons. The predicted molar refractivity (Wildman–Crippen MR) is 92.4 cm³/mol. The van der Waals surface area contributed by atoms with Gasteiger partial charge in [-0.1, -0.05) is 24.3 Å². The van der Waals surface area contributed by atoms with E-state index in [-0.39, 0.29) is 23.6 Å². The summed E-state index contributed by atoms with van der Waals surface area (Å²) in [6, 6.07) is 0. The zero-order valence-corrected chi connectivity index (χ0v) is 14.9. The Morgan fingerprint density at radius 1 is 1.29 bits per heavy atom. The summed E-state index contributed by atoms with van der Waals surface area (Å²) in [7, 11) is 0. The lowest BCUT2D eigenvalue weighted by Crippen LogP contribution is -2.33. The number of carbonyl (C=O) groups excluding carboxylic acids is 1. The van der Waals surface area contributed by atoms with Crippen LogP contribution < -0.4 is 0 Å². The molecule has 0 amide bonds. The van der Waals surface area contributed by atoms with Crippen LogP contribution in [-0.2, 0) is 14.3 Å². The fourth-order valence-electron chi connectivity index (χ4n) is 3.85. The van der Waals surface area contributed by atoms with Gasteiger partial charge in [-0.15, -0.1) is 0 Å². The van der Waals surface area contributed by atoms with E-state index in [0.29, 0.717) is 12.0 Å². The minimum Gasteiger partial charge on any atom is -0.455 e. The number of esters is 1. The highest BCUT2D eigenvalue weighted by Crippen LogP contribution is 2.47. The highest BCUT2D eigenvalue weighted by molar-refractivity contribution is 5.91. The Hall–Kier alpha value is -1.39. The molecule has 2 saturated heterocycles. The van der Waals surface area contributed by atoms with Crippen molar-refractivity contribution in [3.8, 4) is 0 Å². The first kappa shape index (κ1) is 17.4. The smallest absolute Gasteiger partial charge is 0.334 e. The number of allylic oxidation sites excluding steroid dienone is 3. The quantitative estimate of drug-likeness (QED) is 0.319. The SMILES string of the molecule is C=C1C(=O)O[C@H]2[C@H](O)/C(C)=C\CC/C(C)=C/CC[C@@]3(C)O[C@H]3C[C@@H]12. The minimum absolute atomic E-state index is 0.101. The van der Waals surface area contributed by atoms with Gasteiger partial charge in [-0.2, -0.15) is 0 Å². The average molecular weight is 332 g/mol. The third-order valence-electron chi connectivity index (χ3n) is 5.77. The summed E-state index contributed by atoms with van der Waals surface area (Å²) in [5.41, 5.74) is 2.56. The van der Waals surface area contributed by atoms with Gasteiger partial charge in [-0.25, -0.2) is 4.79 Å². The van der Waals surface area contributed by atoms with E-state index in [1.807, 2.05) is 6.92 Å². The summed E-state index contributed by atoms with van der Waals surface area (Å²) >= 11 is 0. The number of ether oxygens (including phenoxy) is 2. The summed E-state index contributed by atoms with van der Waals surface area (Å²) in [5.74, 6) is -0.566. The lowest BCUT2D eigenvalue weighted by atomic mass is 9.84. The van der Waals surface area contributed by atoms with Gasteiger partial charge in [0.25, 0.3) is 0 Å². The van der Waals surface area contributed by atoms with Crippen molar-refractivity contribution in [1.29, 1.82) is 0 Å². The van der Waals surface area contributed by atoms with E-state index in [1.54, 1.807) is 0 Å². The Balaban J connectivity index is 1.84. The van der Waals surface area contributed by atoms with Gasteiger partial charge in [-0.05, 0) is 58.4 Å². The molecule has 3 rings (SSSR count). The lowest BCUT2D eigenvalue weighted by Gasteiger charge is -2.24. The fraction of sp³-hybridized carbons (Fsp3) is 0.650. The summed E-state index contributed by atoms with van der Waals surface area (Å²) in [5, 5.41) is 10.7. The first-order chi connectivity index (χ1) is 11.3. The second-order valence-corrected chi connectivity index (χ2v) is 7.68. The standard InChI is InChI=1S/C20H28O4/c1-12-7-5-9-13(2)17(21)18-15(14(3)19(22)23-18)11-16-20(4,24-16)10-6-8-12/h8-9,15-18,21H,3,5-7,10-11H2,1-2,4H3/b12-8+,13-9-/t15-,16-,17+,18+,20+/m0/s1. The Morgan fingerprint density at radius 2 is 2.04 bits per heavy atom. The van der Waals surface area contributed by atoms with Gasteiger partial charge in [0.2, 0.25) is 0 Å². The number of rotatable bonds is 0. The Morgan fingerprint density at radius 3 is 2.79 bits per heavy atom. The summed E-state index contributed by atoms with van der Waals surface area (Å²) in [6.45, 7) is 10.1. The van der Waals surface area contributed by atoms with E-state index in [9.17, 15) is 9.90 Å². The van der Waals surface area contributed by atoms with Gasteiger partial charge in [0.15, 0.2) is 0 Å². The van der Waals surface area contributed by atoms with E-state index in [1.165, 1.54) is 5.57 Å². The molecule has 24 heavy (non-hydrogen) atoms. The van der Waals surface area contributed by atoms with Crippen LogP contribution >= 0.6 is 0 Å². The van der Waals surface area contributed by atoms with Crippen molar-refractivity contribution < 1.29 is 19.4 Å². The summed E-state index contributed by atoms with van der Waals surface area (Å²) in [6.07, 6.45) is 7.64. The van der Waals surface area contributed by atoms with Crippen molar-refractivity contribution in [1.82, 2.24) is 0 Å². The van der Waals surface area contributed by atoms with Gasteiger partial charge in [0.1, 0.15) is 12.2 Å². The molecule has 0 aromatic rings. The van der Waals surface area contributed by atoms with Crippen LogP contribution in [-0.4, -0.2) is 35.0 Å². The molecule has 0 aromatic carbocycles. The van der Waals surface area contributed by atoms with Crippen LogP contribution in [0.4, 0.5) is 0 Å². The number of aliphatic hydroxyl groups is 1. The van der Waals surface area contributed by atoms with Crippen LogP contribution in [0.5, 0.6) is 0 Å². The molecule has 0 bridgehead atoms. The van der Waals surface area contributed by atoms with Crippen molar-refractivity contribution in [2.75, 3.05) is 0 Å². The zero-order valence-electron chi connectivity index (χ0n) is 14.9. The van der Waals surface area contributed by atoms with Crippen LogP contribution in [0.15, 0.2) is 35.5 Å². The number of hydrogen-bond acceptors (Lipinski definition) is 4. The first-order valence-corrected chi connectivity index (χ1v) is 8.90. The normalized spacial score (nSPS) is 45.0. The molecule has 0 saturated carbocycles. The van der Waals surface area contributed by atoms with Crippen molar-refractivity contribution in [2.24, 2.45) is 5.92 Å². The largest absolute Gasteiger partial charge is 0.455 e. The van der Waals surface area contributed by atoms with Crippen LogP contribution in [0.25, 0.3) is 0 Å². The maximum atomic E-state index is 12.0. The van der Waals surface area contributed by atoms with Gasteiger partial charge < -0.3 is 14.6 Å². The van der Waals surface area contributed by atoms with Gasteiger partial charge >= 0.3 is 5.97 Å². The lowest BCUT2D eigenvalue weighted by molar-refractivity contribution is -0.142. The third-order valence-corrected chi connectivity index (χ3v) is 5.77. The van der Waals surface area contributed by atoms with E-state index in [0.717, 1.165) is 31.3 Å². The molecular weight excluding hydrogens is 304 g/mol. The third kappa shape index (κ3) is 3.35. The zero-order chi connectivity index (χ0) is 17.5. The molecule has 4 nitrogen and oxygen atoms in total. The highest BCUT2D eigenvalue weighted by atomic mass is 16.6. The molecule has 0 aromatic heterocycles. The maximum absolute atomic E-state index is 12.0. The molecule has 1 N–H and O–H groups in total. The molecule has 2 heterocycles. The molecular formula is C20H28O4. The molecule has 2 fully saturated rings. The van der Waals surface area contributed by atoms with Crippen molar-refractivity contribution in [2.45, 2.75) is 76.8 Å². The van der Waals surface area contributed by atoms with Gasteiger partial charge in [0, 0.05) is 11.5 Å². The van der Waals surface area contributed by atoms with Gasteiger partial charge in [0.05, 0.1) is 11.7 Å². The van der Waals surface area contributed by atoms with E-state index in [2.05, 4.69) is 32.6 Å². The average Bonchev–Trinajstić information content (AvgIpc) is 3.08. The second-order valence-electron chi connectivity index (χ2n) is 7.68. The Labute approximate surface area is 144 Å². The van der Waals surface area contributed by atoms with E-state index < -0.39 is 12.2 Å². The number of hydrogen-bond donors (Lipinski definition) is 1. The number of epoxide rings is 1. The fourth-order valence-corrected chi connectivity index (χ4v) is 3.85. The topological polar surface area (TPSA) is 59.1 Å². The maximum Gasteiger partial charge on any atom is 0.334 e. The molecule has 2 aliphatic heterocycles. The summed E-state index contributed by atoms with van der Waals surface area (Å²) in [4.78, 5) is 12.0. The molecule has 1 aliphatic carbocycles. The monoisotopic (exact) mass is 332 g/mol. The van der Waals surface area contributed by atoms with Crippen LogP contribution in [0.1, 0.15) is 52.9 Å². The highest BCUT2D eigenvalue weighted by Gasteiger charge is 2.55. The van der Waals surface area contributed by atoms with Crippen molar-refractivity contribution in [3.63, 3.8) is 0 Å². The number of fused-ring (bicyclic) bond motifs is 2. The molecule has 0 unspecified atom stereocenters. The molecule has 0 spiro atoms. The first-order valence-electron chi connectivity index (χ1n) is 8.90. The number of aliphatic hydroxyl groups excluding tert-OH is 1. The molecule has 3 aliphatic rings. The Kier molecular flexibility index (Phi) is 4.71. The van der Waals surface area contributed by atoms with Crippen molar-refractivity contribution >= 4 is 5.97 Å². The van der Waals surface area contributed by atoms with Crippen LogP contribution in [0.3, 0.4) is 0 Å². The van der Waals surface area contributed by atoms with Gasteiger partial charge in [-0.3, -0.25) is 0 Å². The van der Waals surface area contributed by atoms with Crippen molar-refractivity contribution in [3.05, 3.63) is 35.5 Å². The Bertz CT molecular complexity index is 603. The predicted octanol–water partition coefficient (Wildman–Crippen LogP) is 3.46. The summed E-state index contributed by atoms with van der Waals surface area (Å²) < 4.78 is 11.4. The molecule has 5 atom stereocenters.